The number of aromatic nitrogens is 1. The van der Waals surface area contributed by atoms with Gasteiger partial charge in [0.1, 0.15) is 0 Å². The molecule has 1 aliphatic carbocycles. The molecule has 1 saturated carbocycles. The molecule has 1 fully saturated rings. The van der Waals surface area contributed by atoms with Gasteiger partial charge < -0.3 is 7.43 Å². The quantitative estimate of drug-likeness (QED) is 0.391. The van der Waals surface area contributed by atoms with Crippen LogP contribution in [0.4, 0.5) is 0 Å². The Kier molecular flexibility index (Phi) is 8.45. The Bertz CT molecular complexity index is 804. The zero-order chi connectivity index (χ0) is 17.6. The van der Waals surface area contributed by atoms with Gasteiger partial charge in [-0.2, -0.15) is 0 Å². The van der Waals surface area contributed by atoms with Crippen LogP contribution >= 0.6 is 20.1 Å². The van der Waals surface area contributed by atoms with Gasteiger partial charge in [0, 0.05) is 11.6 Å². The molecule has 3 atom stereocenters. The van der Waals surface area contributed by atoms with Crippen LogP contribution in [0.5, 0.6) is 0 Å². The van der Waals surface area contributed by atoms with Crippen LogP contribution in [0.15, 0.2) is 66.9 Å². The predicted octanol–water partition coefficient (Wildman–Crippen LogP) is 7.36. The molecule has 26 heavy (non-hydrogen) atoms. The zero-order valence-electron chi connectivity index (χ0n) is 15.1. The summed E-state index contributed by atoms with van der Waals surface area (Å²) in [5.74, 6) is 1.95. The SMILES string of the molecule is CC1C(c2ccccc2)CCC1c1cccc2cccnc12.[CH3-].[Cl][Cr+][Cl]. The van der Waals surface area contributed by atoms with Gasteiger partial charge in [-0.15, -0.1) is 0 Å². The number of nitrogens with zero attached hydrogens (tertiary/aromatic N) is 1. The van der Waals surface area contributed by atoms with Gasteiger partial charge in [-0.25, -0.2) is 0 Å². The second kappa shape index (κ2) is 10.3. The average Bonchev–Trinajstić information content (AvgIpc) is 3.04. The Labute approximate surface area is 171 Å². The fourth-order valence-corrected chi connectivity index (χ4v) is 4.20. The molecule has 0 spiro atoms. The Hall–Kier alpha value is -1.04. The fourth-order valence-electron chi connectivity index (χ4n) is 4.20. The van der Waals surface area contributed by atoms with Crippen LogP contribution < -0.4 is 0 Å². The van der Waals surface area contributed by atoms with Crippen molar-refractivity contribution in [1.82, 2.24) is 4.98 Å². The number of rotatable bonds is 2. The molecule has 1 nitrogen and oxygen atoms in total. The van der Waals surface area contributed by atoms with Crippen molar-refractivity contribution in [3.8, 4) is 0 Å². The number of fused-ring (bicyclic) bond motifs is 1. The molecule has 0 amide bonds. The molecule has 0 saturated heterocycles. The first kappa shape index (κ1) is 21.3. The monoisotopic (exact) mass is 424 g/mol. The van der Waals surface area contributed by atoms with Gasteiger partial charge >= 0.3 is 33.5 Å². The maximum absolute atomic E-state index is 4.83. The van der Waals surface area contributed by atoms with Crippen molar-refractivity contribution >= 4 is 31.0 Å². The molecule has 1 aliphatic rings. The zero-order valence-corrected chi connectivity index (χ0v) is 17.9. The topological polar surface area (TPSA) is 12.9 Å². The summed E-state index contributed by atoms with van der Waals surface area (Å²) < 4.78 is 0. The summed E-state index contributed by atoms with van der Waals surface area (Å²) in [5, 5.41) is 1.26. The Morgan fingerprint density at radius 3 is 2.27 bits per heavy atom. The van der Waals surface area contributed by atoms with Crippen LogP contribution in [0.2, 0.25) is 0 Å². The molecule has 1 heterocycles. The van der Waals surface area contributed by atoms with Gasteiger partial charge in [-0.3, -0.25) is 4.98 Å². The van der Waals surface area contributed by atoms with Crippen LogP contribution in [0.1, 0.15) is 42.7 Å². The number of pyridine rings is 1. The van der Waals surface area contributed by atoms with Crippen LogP contribution in [-0.2, 0) is 13.4 Å². The summed E-state index contributed by atoms with van der Waals surface area (Å²) in [6.45, 7) is 2.41. The molecular formula is C22H24Cl2CrN. The van der Waals surface area contributed by atoms with E-state index in [-0.39, 0.29) is 20.8 Å². The molecule has 4 heteroatoms. The predicted molar refractivity (Wildman–Crippen MR) is 110 cm³/mol. The van der Waals surface area contributed by atoms with E-state index < -0.39 is 0 Å². The first-order valence-corrected chi connectivity index (χ1v) is 12.0. The van der Waals surface area contributed by atoms with Gasteiger partial charge in [0.25, 0.3) is 0 Å². The summed E-state index contributed by atoms with van der Waals surface area (Å²) in [6.07, 6.45) is 4.45. The van der Waals surface area contributed by atoms with Crippen molar-refractivity contribution in [2.75, 3.05) is 0 Å². The Morgan fingerprint density at radius 2 is 1.54 bits per heavy atom. The van der Waals surface area contributed by atoms with E-state index in [1.165, 1.54) is 34.9 Å². The normalized spacial score (nSPS) is 21.4. The van der Waals surface area contributed by atoms with Gasteiger partial charge in [0.2, 0.25) is 0 Å². The first-order chi connectivity index (χ1) is 12.3. The van der Waals surface area contributed by atoms with E-state index in [9.17, 15) is 0 Å². The molecule has 2 aromatic carbocycles. The van der Waals surface area contributed by atoms with E-state index in [0.29, 0.717) is 17.8 Å². The van der Waals surface area contributed by atoms with Crippen molar-refractivity contribution in [1.29, 1.82) is 0 Å². The Balaban J connectivity index is 0.000000570. The molecule has 0 radical (unpaired) electrons. The number of hydrogen-bond donors (Lipinski definition) is 0. The minimum atomic E-state index is -0.181. The molecular weight excluding hydrogens is 401 g/mol. The summed E-state index contributed by atoms with van der Waals surface area (Å²) in [4.78, 5) is 4.66. The third-order valence-corrected chi connectivity index (χ3v) is 5.35. The second-order valence-corrected chi connectivity index (χ2v) is 8.65. The standard InChI is InChI=1S/C21H21N.CH3.2ClH.Cr/c1-15-18(16-7-3-2-4-8-16)12-13-19(15)20-11-5-9-17-10-6-14-22-21(17)20;;;;/h2-11,14-15,18-19H,12-13H2,1H3;1H3;2*1H;/q;-1;;;+3/p-2. The molecule has 0 bridgehead atoms. The summed E-state index contributed by atoms with van der Waals surface area (Å²) in [5.41, 5.74) is 4.12. The third kappa shape index (κ3) is 4.62. The van der Waals surface area contributed by atoms with Crippen molar-refractivity contribution in [2.45, 2.75) is 31.6 Å². The van der Waals surface area contributed by atoms with Crippen molar-refractivity contribution in [3.05, 3.63) is 85.4 Å². The molecule has 4 rings (SSSR count). The van der Waals surface area contributed by atoms with Crippen molar-refractivity contribution < 1.29 is 13.4 Å². The minimum absolute atomic E-state index is 0. The first-order valence-electron chi connectivity index (χ1n) is 8.54. The van der Waals surface area contributed by atoms with Gasteiger partial charge in [0.05, 0.1) is 5.52 Å². The maximum atomic E-state index is 4.83. The van der Waals surface area contributed by atoms with Crippen molar-refractivity contribution in [3.63, 3.8) is 0 Å². The molecule has 137 valence electrons. The number of para-hydroxylation sites is 1. The van der Waals surface area contributed by atoms with E-state index >= 15 is 0 Å². The summed E-state index contributed by atoms with van der Waals surface area (Å²) in [6, 6.07) is 21.8. The number of hydrogen-bond acceptors (Lipinski definition) is 1. The van der Waals surface area contributed by atoms with Crippen LogP contribution in [-0.4, -0.2) is 4.98 Å². The number of benzene rings is 2. The fraction of sp³-hybridized carbons (Fsp3) is 0.273. The van der Waals surface area contributed by atoms with E-state index in [1.54, 1.807) is 0 Å². The Morgan fingerprint density at radius 1 is 0.885 bits per heavy atom. The van der Waals surface area contributed by atoms with E-state index in [0.717, 1.165) is 0 Å². The molecule has 3 aromatic rings. The molecule has 0 N–H and O–H groups in total. The molecule has 0 aliphatic heterocycles. The molecule has 1 aromatic heterocycles. The summed E-state index contributed by atoms with van der Waals surface area (Å²) >= 11 is -0.181. The second-order valence-electron chi connectivity index (χ2n) is 6.54. The van der Waals surface area contributed by atoms with E-state index in [1.807, 2.05) is 12.3 Å². The van der Waals surface area contributed by atoms with Gasteiger partial charge in [-0.05, 0) is 47.8 Å². The van der Waals surface area contributed by atoms with Crippen molar-refractivity contribution in [2.24, 2.45) is 5.92 Å². The van der Waals surface area contributed by atoms with Crippen LogP contribution in [0, 0.1) is 13.3 Å². The molecule has 3 unspecified atom stereocenters. The number of halogens is 2. The summed E-state index contributed by atoms with van der Waals surface area (Å²) in [7, 11) is 9.65. The van der Waals surface area contributed by atoms with Crippen LogP contribution in [0.3, 0.4) is 0 Å². The van der Waals surface area contributed by atoms with E-state index in [4.69, 9.17) is 20.1 Å². The van der Waals surface area contributed by atoms with Gasteiger partial charge in [-0.1, -0.05) is 61.5 Å². The van der Waals surface area contributed by atoms with E-state index in [2.05, 4.69) is 66.5 Å². The van der Waals surface area contributed by atoms with Crippen LogP contribution in [0.25, 0.3) is 10.9 Å². The third-order valence-electron chi connectivity index (χ3n) is 5.35. The van der Waals surface area contributed by atoms with Gasteiger partial charge in [0.15, 0.2) is 0 Å². The average molecular weight is 425 g/mol.